The van der Waals surface area contributed by atoms with Crippen LogP contribution in [-0.2, 0) is 11.2 Å². The molecule has 132 valence electrons. The van der Waals surface area contributed by atoms with Crippen LogP contribution in [0.3, 0.4) is 0 Å². The molecule has 1 aliphatic carbocycles. The van der Waals surface area contributed by atoms with Gasteiger partial charge in [-0.15, -0.1) is 0 Å². The minimum Gasteiger partial charge on any atom is -0.357 e. The molecule has 3 N–H and O–H groups in total. The Morgan fingerprint density at radius 3 is 2.67 bits per heavy atom. The molecule has 0 radical (unpaired) electrons. The van der Waals surface area contributed by atoms with Crippen molar-refractivity contribution in [2.45, 2.75) is 33.1 Å². The van der Waals surface area contributed by atoms with Gasteiger partial charge in [0.15, 0.2) is 5.96 Å². The molecule has 1 amide bonds. The van der Waals surface area contributed by atoms with E-state index in [1.165, 1.54) is 6.07 Å². The van der Waals surface area contributed by atoms with Gasteiger partial charge in [0, 0.05) is 32.1 Å². The van der Waals surface area contributed by atoms with Gasteiger partial charge in [0.2, 0.25) is 5.91 Å². The van der Waals surface area contributed by atoms with Crippen molar-refractivity contribution in [2.75, 3.05) is 26.2 Å². The Kier molecular flexibility index (Phi) is 7.03. The van der Waals surface area contributed by atoms with Gasteiger partial charge in [0.25, 0.3) is 0 Å². The molecule has 0 spiro atoms. The second-order valence-electron chi connectivity index (χ2n) is 6.07. The summed E-state index contributed by atoms with van der Waals surface area (Å²) >= 11 is 0. The number of halogens is 1. The summed E-state index contributed by atoms with van der Waals surface area (Å²) in [5.74, 6) is 0.928. The number of nitrogens with zero attached hydrogens (tertiary/aromatic N) is 1. The van der Waals surface area contributed by atoms with Crippen molar-refractivity contribution in [1.82, 2.24) is 16.0 Å². The fourth-order valence-corrected chi connectivity index (χ4v) is 2.43. The van der Waals surface area contributed by atoms with Crippen LogP contribution in [0.4, 0.5) is 4.39 Å². The summed E-state index contributed by atoms with van der Waals surface area (Å²) < 4.78 is 13.1. The largest absolute Gasteiger partial charge is 0.357 e. The average Bonchev–Trinajstić information content (AvgIpc) is 3.38. The third kappa shape index (κ3) is 6.18. The predicted octanol–water partition coefficient (Wildman–Crippen LogP) is 1.76. The SMILES string of the molecule is CCNC(=NCCc1ccc(F)cc1C)NCCNC(=O)C1CC1. The van der Waals surface area contributed by atoms with Crippen LogP contribution in [0.25, 0.3) is 0 Å². The zero-order chi connectivity index (χ0) is 17.4. The van der Waals surface area contributed by atoms with Gasteiger partial charge in [-0.1, -0.05) is 6.07 Å². The van der Waals surface area contributed by atoms with Gasteiger partial charge in [-0.3, -0.25) is 9.79 Å². The van der Waals surface area contributed by atoms with E-state index in [1.807, 2.05) is 19.9 Å². The first kappa shape index (κ1) is 18.2. The van der Waals surface area contributed by atoms with Crippen molar-refractivity contribution >= 4 is 11.9 Å². The lowest BCUT2D eigenvalue weighted by molar-refractivity contribution is -0.122. The molecule has 5 nitrogen and oxygen atoms in total. The minimum absolute atomic E-state index is 0.158. The standard InChI is InChI=1S/C18H27FN4O/c1-3-20-18(23-11-10-21-17(24)15-4-5-15)22-9-8-14-6-7-16(19)12-13(14)2/h6-7,12,15H,3-5,8-11H2,1-2H3,(H,21,24)(H2,20,22,23). The molecule has 0 atom stereocenters. The molecule has 0 aliphatic heterocycles. The highest BCUT2D eigenvalue weighted by molar-refractivity contribution is 5.81. The number of nitrogens with one attached hydrogen (secondary N) is 3. The highest BCUT2D eigenvalue weighted by atomic mass is 19.1. The molecule has 1 aliphatic rings. The number of carbonyl (C=O) groups is 1. The molecule has 24 heavy (non-hydrogen) atoms. The second kappa shape index (κ2) is 9.25. The number of amides is 1. The predicted molar refractivity (Wildman–Crippen MR) is 94.6 cm³/mol. The molecule has 1 aromatic carbocycles. The zero-order valence-electron chi connectivity index (χ0n) is 14.5. The molecule has 0 aromatic heterocycles. The lowest BCUT2D eigenvalue weighted by Gasteiger charge is -2.12. The van der Waals surface area contributed by atoms with Crippen molar-refractivity contribution in [3.05, 3.63) is 35.1 Å². The van der Waals surface area contributed by atoms with E-state index in [0.717, 1.165) is 42.9 Å². The maximum Gasteiger partial charge on any atom is 0.223 e. The van der Waals surface area contributed by atoms with Gasteiger partial charge < -0.3 is 16.0 Å². The number of carbonyl (C=O) groups excluding carboxylic acids is 1. The Labute approximate surface area is 143 Å². The molecule has 2 rings (SSSR count). The summed E-state index contributed by atoms with van der Waals surface area (Å²) in [5.41, 5.74) is 2.05. The topological polar surface area (TPSA) is 65.5 Å². The first-order valence-corrected chi connectivity index (χ1v) is 8.65. The number of rotatable bonds is 8. The van der Waals surface area contributed by atoms with Crippen LogP contribution < -0.4 is 16.0 Å². The maximum atomic E-state index is 13.1. The number of benzene rings is 1. The quantitative estimate of drug-likeness (QED) is 0.386. The maximum absolute atomic E-state index is 13.1. The van der Waals surface area contributed by atoms with Crippen molar-refractivity contribution < 1.29 is 9.18 Å². The number of aryl methyl sites for hydroxylation is 1. The molecule has 1 saturated carbocycles. The van der Waals surface area contributed by atoms with E-state index in [1.54, 1.807) is 6.07 Å². The molecule has 0 saturated heterocycles. The Morgan fingerprint density at radius 1 is 1.25 bits per heavy atom. The van der Waals surface area contributed by atoms with Crippen LogP contribution >= 0.6 is 0 Å². The zero-order valence-corrected chi connectivity index (χ0v) is 14.5. The van der Waals surface area contributed by atoms with Crippen LogP contribution in [0.15, 0.2) is 23.2 Å². The van der Waals surface area contributed by atoms with Crippen molar-refractivity contribution in [2.24, 2.45) is 10.9 Å². The normalized spacial score (nSPS) is 14.4. The van der Waals surface area contributed by atoms with Gasteiger partial charge in [-0.25, -0.2) is 4.39 Å². The lowest BCUT2D eigenvalue weighted by atomic mass is 10.1. The van der Waals surface area contributed by atoms with Crippen molar-refractivity contribution in [1.29, 1.82) is 0 Å². The molecular formula is C18H27FN4O. The van der Waals surface area contributed by atoms with E-state index < -0.39 is 0 Å². The van der Waals surface area contributed by atoms with E-state index in [9.17, 15) is 9.18 Å². The van der Waals surface area contributed by atoms with E-state index >= 15 is 0 Å². The first-order valence-electron chi connectivity index (χ1n) is 8.65. The van der Waals surface area contributed by atoms with Crippen molar-refractivity contribution in [3.63, 3.8) is 0 Å². The van der Waals surface area contributed by atoms with Gasteiger partial charge >= 0.3 is 0 Å². The molecule has 0 heterocycles. The lowest BCUT2D eigenvalue weighted by Crippen LogP contribution is -2.41. The van der Waals surface area contributed by atoms with Crippen molar-refractivity contribution in [3.8, 4) is 0 Å². The van der Waals surface area contributed by atoms with Gasteiger partial charge in [0.1, 0.15) is 5.82 Å². The fraction of sp³-hybridized carbons (Fsp3) is 0.556. The Morgan fingerprint density at radius 2 is 2.00 bits per heavy atom. The van der Waals surface area contributed by atoms with Crippen LogP contribution in [-0.4, -0.2) is 38.0 Å². The van der Waals surface area contributed by atoms with Crippen LogP contribution in [0.5, 0.6) is 0 Å². The summed E-state index contributed by atoms with van der Waals surface area (Å²) in [5, 5.41) is 9.31. The van der Waals surface area contributed by atoms with E-state index in [0.29, 0.717) is 19.6 Å². The minimum atomic E-state index is -0.206. The summed E-state index contributed by atoms with van der Waals surface area (Å²) in [6.07, 6.45) is 2.80. The molecule has 1 fully saturated rings. The third-order valence-corrected chi connectivity index (χ3v) is 3.96. The number of aliphatic imine (C=N–C) groups is 1. The van der Waals surface area contributed by atoms with Crippen LogP contribution in [0.1, 0.15) is 30.9 Å². The molecule has 0 unspecified atom stereocenters. The summed E-state index contributed by atoms with van der Waals surface area (Å²) in [4.78, 5) is 16.1. The van der Waals surface area contributed by atoms with E-state index in [2.05, 4.69) is 20.9 Å². The van der Waals surface area contributed by atoms with Crippen LogP contribution in [0.2, 0.25) is 0 Å². The van der Waals surface area contributed by atoms with Crippen LogP contribution in [0, 0.1) is 18.7 Å². The summed E-state index contributed by atoms with van der Waals surface area (Å²) in [7, 11) is 0. The Hall–Kier alpha value is -2.11. The highest BCUT2D eigenvalue weighted by Gasteiger charge is 2.28. The number of hydrogen-bond donors (Lipinski definition) is 3. The highest BCUT2D eigenvalue weighted by Crippen LogP contribution is 2.28. The summed E-state index contributed by atoms with van der Waals surface area (Å²) in [6, 6.07) is 4.84. The molecular weight excluding hydrogens is 307 g/mol. The van der Waals surface area contributed by atoms with Gasteiger partial charge in [-0.2, -0.15) is 0 Å². The molecule has 1 aromatic rings. The number of hydrogen-bond acceptors (Lipinski definition) is 2. The third-order valence-electron chi connectivity index (χ3n) is 3.96. The van der Waals surface area contributed by atoms with Gasteiger partial charge in [-0.05, 0) is 56.4 Å². The Bertz CT molecular complexity index is 584. The molecule has 6 heteroatoms. The smallest absolute Gasteiger partial charge is 0.223 e. The van der Waals surface area contributed by atoms with Gasteiger partial charge in [0.05, 0.1) is 0 Å². The summed E-state index contributed by atoms with van der Waals surface area (Å²) in [6.45, 7) is 6.55. The Balaban J connectivity index is 1.73. The molecule has 0 bridgehead atoms. The monoisotopic (exact) mass is 334 g/mol. The first-order chi connectivity index (χ1) is 11.6. The number of guanidine groups is 1. The second-order valence-corrected chi connectivity index (χ2v) is 6.07. The van der Waals surface area contributed by atoms with E-state index in [-0.39, 0.29) is 17.6 Å². The van der Waals surface area contributed by atoms with E-state index in [4.69, 9.17) is 0 Å². The fourth-order valence-electron chi connectivity index (χ4n) is 2.43. The average molecular weight is 334 g/mol.